The highest BCUT2D eigenvalue weighted by molar-refractivity contribution is 5.47. The fourth-order valence-electron chi connectivity index (χ4n) is 1.67. The summed E-state index contributed by atoms with van der Waals surface area (Å²) < 4.78 is 36.3. The number of ether oxygens (including phenoxy) is 2. The van der Waals surface area contributed by atoms with Gasteiger partial charge in [-0.05, 0) is 17.7 Å². The minimum Gasteiger partial charge on any atom is -0.497 e. The van der Waals surface area contributed by atoms with Crippen molar-refractivity contribution in [3.8, 4) is 11.5 Å². The smallest absolute Gasteiger partial charge is 0.129 e. The van der Waals surface area contributed by atoms with Crippen molar-refractivity contribution >= 4 is 5.69 Å². The fraction of sp³-hybridized carbons (Fsp3) is 0.143. The van der Waals surface area contributed by atoms with Gasteiger partial charge in [0, 0.05) is 30.0 Å². The molecule has 0 bridgehead atoms. The van der Waals surface area contributed by atoms with Gasteiger partial charge in [-0.1, -0.05) is 0 Å². The summed E-state index contributed by atoms with van der Waals surface area (Å²) in [6, 6.07) is 8.14. The van der Waals surface area contributed by atoms with Crippen LogP contribution >= 0.6 is 0 Å². The van der Waals surface area contributed by atoms with Crippen LogP contribution in [0.5, 0.6) is 11.5 Å². The Morgan fingerprint density at radius 2 is 1.63 bits per heavy atom. The maximum absolute atomic E-state index is 13.0. The number of hydrogen-bond acceptors (Lipinski definition) is 3. The first kappa shape index (κ1) is 13.1. The van der Waals surface area contributed by atoms with Gasteiger partial charge in [-0.2, -0.15) is 0 Å². The predicted octanol–water partition coefficient (Wildman–Crippen LogP) is 3.13. The van der Waals surface area contributed by atoms with E-state index in [1.54, 1.807) is 18.2 Å². The average molecular weight is 265 g/mol. The van der Waals surface area contributed by atoms with Crippen LogP contribution in [0.3, 0.4) is 0 Å². The molecule has 0 saturated carbocycles. The second kappa shape index (κ2) is 5.56. The summed E-state index contributed by atoms with van der Waals surface area (Å²) in [5.41, 5.74) is 6.98. The van der Waals surface area contributed by atoms with Crippen LogP contribution in [0.4, 0.5) is 14.5 Å². The number of hydrogen-bond donors (Lipinski definition) is 1. The normalized spacial score (nSPS) is 10.3. The van der Waals surface area contributed by atoms with Crippen LogP contribution < -0.4 is 15.2 Å². The zero-order chi connectivity index (χ0) is 13.8. The van der Waals surface area contributed by atoms with E-state index in [4.69, 9.17) is 15.2 Å². The number of halogens is 2. The van der Waals surface area contributed by atoms with E-state index in [1.807, 2.05) is 0 Å². The molecule has 0 radical (unpaired) electrons. The van der Waals surface area contributed by atoms with Crippen molar-refractivity contribution in [2.75, 3.05) is 12.8 Å². The van der Waals surface area contributed by atoms with E-state index in [1.165, 1.54) is 7.11 Å². The van der Waals surface area contributed by atoms with Crippen LogP contribution in [0.25, 0.3) is 0 Å². The third-order valence-electron chi connectivity index (χ3n) is 2.47. The summed E-state index contributed by atoms with van der Waals surface area (Å²) >= 11 is 0. The van der Waals surface area contributed by atoms with E-state index in [0.29, 0.717) is 11.4 Å². The Bertz CT molecular complexity index is 567. The standard InChI is InChI=1S/C14H13F2NO2/c1-18-13-3-9(2-12(17)7-13)8-19-14-5-10(15)4-11(16)6-14/h2-7H,8,17H2,1H3. The second-order valence-corrected chi connectivity index (χ2v) is 4.01. The van der Waals surface area contributed by atoms with Crippen LogP contribution in [0.15, 0.2) is 36.4 Å². The molecule has 0 aliphatic carbocycles. The van der Waals surface area contributed by atoms with Gasteiger partial charge in [0.15, 0.2) is 0 Å². The summed E-state index contributed by atoms with van der Waals surface area (Å²) in [6.07, 6.45) is 0. The van der Waals surface area contributed by atoms with Gasteiger partial charge in [-0.3, -0.25) is 0 Å². The maximum Gasteiger partial charge on any atom is 0.129 e. The Morgan fingerprint density at radius 3 is 2.26 bits per heavy atom. The first-order valence-corrected chi connectivity index (χ1v) is 5.59. The quantitative estimate of drug-likeness (QED) is 0.864. The van der Waals surface area contributed by atoms with Crippen molar-refractivity contribution in [1.82, 2.24) is 0 Å². The molecule has 19 heavy (non-hydrogen) atoms. The highest BCUT2D eigenvalue weighted by Crippen LogP contribution is 2.21. The molecular weight excluding hydrogens is 252 g/mol. The Hall–Kier alpha value is -2.30. The molecule has 5 heteroatoms. The molecule has 0 aliphatic rings. The highest BCUT2D eigenvalue weighted by atomic mass is 19.1. The largest absolute Gasteiger partial charge is 0.497 e. The first-order valence-electron chi connectivity index (χ1n) is 5.59. The molecule has 2 N–H and O–H groups in total. The third kappa shape index (κ3) is 3.58. The fourth-order valence-corrected chi connectivity index (χ4v) is 1.67. The maximum atomic E-state index is 13.0. The molecule has 0 unspecified atom stereocenters. The van der Waals surface area contributed by atoms with Crippen LogP contribution in [0, 0.1) is 11.6 Å². The van der Waals surface area contributed by atoms with Gasteiger partial charge in [-0.15, -0.1) is 0 Å². The lowest BCUT2D eigenvalue weighted by atomic mass is 10.2. The number of methoxy groups -OCH3 is 1. The third-order valence-corrected chi connectivity index (χ3v) is 2.47. The predicted molar refractivity (Wildman–Crippen MR) is 68.1 cm³/mol. The van der Waals surface area contributed by atoms with E-state index in [9.17, 15) is 8.78 Å². The molecule has 100 valence electrons. The van der Waals surface area contributed by atoms with E-state index < -0.39 is 11.6 Å². The lowest BCUT2D eigenvalue weighted by Gasteiger charge is -2.09. The van der Waals surface area contributed by atoms with Crippen molar-refractivity contribution in [1.29, 1.82) is 0 Å². The summed E-state index contributed by atoms with van der Waals surface area (Å²) in [4.78, 5) is 0. The van der Waals surface area contributed by atoms with Crippen molar-refractivity contribution in [2.45, 2.75) is 6.61 Å². The molecule has 0 aromatic heterocycles. The van der Waals surface area contributed by atoms with Crippen LogP contribution in [0.2, 0.25) is 0 Å². The Labute approximate surface area is 109 Å². The van der Waals surface area contributed by atoms with Gasteiger partial charge in [0.25, 0.3) is 0 Å². The molecular formula is C14H13F2NO2. The molecule has 0 fully saturated rings. The minimum atomic E-state index is -0.680. The molecule has 2 aromatic carbocycles. The molecule has 0 aliphatic heterocycles. The number of anilines is 1. The van der Waals surface area contributed by atoms with Crippen molar-refractivity contribution in [3.63, 3.8) is 0 Å². The lowest BCUT2D eigenvalue weighted by Crippen LogP contribution is -1.99. The monoisotopic (exact) mass is 265 g/mol. The molecule has 2 aromatic rings. The summed E-state index contributed by atoms with van der Waals surface area (Å²) in [7, 11) is 1.53. The lowest BCUT2D eigenvalue weighted by molar-refractivity contribution is 0.302. The van der Waals surface area contributed by atoms with Crippen LogP contribution in [-0.4, -0.2) is 7.11 Å². The van der Waals surface area contributed by atoms with E-state index in [-0.39, 0.29) is 12.4 Å². The molecule has 3 nitrogen and oxygen atoms in total. The van der Waals surface area contributed by atoms with Gasteiger partial charge >= 0.3 is 0 Å². The number of benzene rings is 2. The Morgan fingerprint density at radius 1 is 0.947 bits per heavy atom. The highest BCUT2D eigenvalue weighted by Gasteiger charge is 2.04. The van der Waals surface area contributed by atoms with Crippen LogP contribution in [0.1, 0.15) is 5.56 Å². The molecule has 0 amide bonds. The SMILES string of the molecule is COc1cc(N)cc(COc2cc(F)cc(F)c2)c1. The Kier molecular flexibility index (Phi) is 3.85. The molecule has 0 spiro atoms. The van der Waals surface area contributed by atoms with Gasteiger partial charge in [0.05, 0.1) is 7.11 Å². The first-order chi connectivity index (χ1) is 9.06. The molecule has 0 heterocycles. The van der Waals surface area contributed by atoms with Crippen molar-refractivity contribution in [3.05, 3.63) is 53.6 Å². The zero-order valence-corrected chi connectivity index (χ0v) is 10.3. The van der Waals surface area contributed by atoms with Crippen molar-refractivity contribution in [2.24, 2.45) is 0 Å². The minimum absolute atomic E-state index is 0.124. The van der Waals surface area contributed by atoms with Gasteiger partial charge < -0.3 is 15.2 Å². The number of nitrogens with two attached hydrogens (primary N) is 1. The number of rotatable bonds is 4. The molecule has 0 saturated heterocycles. The topological polar surface area (TPSA) is 44.5 Å². The van der Waals surface area contributed by atoms with Gasteiger partial charge in [-0.25, -0.2) is 8.78 Å². The van der Waals surface area contributed by atoms with Gasteiger partial charge in [0.1, 0.15) is 29.7 Å². The van der Waals surface area contributed by atoms with E-state index in [0.717, 1.165) is 23.8 Å². The van der Waals surface area contributed by atoms with Crippen LogP contribution in [-0.2, 0) is 6.61 Å². The Balaban J connectivity index is 2.11. The zero-order valence-electron chi connectivity index (χ0n) is 10.3. The van der Waals surface area contributed by atoms with E-state index >= 15 is 0 Å². The summed E-state index contributed by atoms with van der Waals surface area (Å²) in [5, 5.41) is 0. The second-order valence-electron chi connectivity index (χ2n) is 4.01. The average Bonchev–Trinajstić information content (AvgIpc) is 2.34. The molecule has 0 atom stereocenters. The van der Waals surface area contributed by atoms with E-state index in [2.05, 4.69) is 0 Å². The van der Waals surface area contributed by atoms with Gasteiger partial charge in [0.2, 0.25) is 0 Å². The summed E-state index contributed by atoms with van der Waals surface area (Å²) in [5.74, 6) is -0.636. The van der Waals surface area contributed by atoms with Crippen molar-refractivity contribution < 1.29 is 18.3 Å². The summed E-state index contributed by atoms with van der Waals surface area (Å²) in [6.45, 7) is 0.143. The number of nitrogen functional groups attached to an aromatic ring is 1. The molecule has 2 rings (SSSR count).